The largest absolute Gasteiger partial charge is 0.484 e. The number of aliphatic carboxylic acids is 4. The third kappa shape index (κ3) is 18.2. The van der Waals surface area contributed by atoms with Gasteiger partial charge in [0.1, 0.15) is 29.9 Å². The van der Waals surface area contributed by atoms with Gasteiger partial charge in [-0.3, -0.25) is 24.0 Å². The van der Waals surface area contributed by atoms with Crippen LogP contribution in [0.3, 0.4) is 0 Å². The SMILES string of the molecule is O=C(O)CC[C@H](NC(=O)N[C@@H](CCCCNC(=O)[C@H](Cc1ccccc1)NC(=O)COc1ccc(C[C@H](NC(=O)CNC(=O)c2ccccc2I)C(=O)O)cc1)C(=O)O)C(=O)O. The van der Waals surface area contributed by atoms with Crippen molar-refractivity contribution in [3.63, 3.8) is 0 Å². The Morgan fingerprint density at radius 1 is 0.581 bits per heavy atom. The highest BCUT2D eigenvalue weighted by molar-refractivity contribution is 14.1. The van der Waals surface area contributed by atoms with Crippen molar-refractivity contribution in [1.29, 1.82) is 0 Å². The van der Waals surface area contributed by atoms with Crippen molar-refractivity contribution in [1.82, 2.24) is 31.9 Å². The quantitative estimate of drug-likeness (QED) is 0.0401. The smallest absolute Gasteiger partial charge is 0.326 e. The Morgan fingerprint density at radius 2 is 1.15 bits per heavy atom. The normalized spacial score (nSPS) is 12.5. The van der Waals surface area contributed by atoms with E-state index in [4.69, 9.17) is 9.84 Å². The summed E-state index contributed by atoms with van der Waals surface area (Å²) in [4.78, 5) is 109. The van der Waals surface area contributed by atoms with E-state index >= 15 is 0 Å². The predicted molar refractivity (Wildman–Crippen MR) is 227 cm³/mol. The molecule has 0 aromatic heterocycles. The maximum Gasteiger partial charge on any atom is 0.326 e. The summed E-state index contributed by atoms with van der Waals surface area (Å²) in [5.41, 5.74) is 1.64. The number of hydrogen-bond donors (Lipinski definition) is 10. The van der Waals surface area contributed by atoms with Crippen LogP contribution < -0.4 is 36.6 Å². The zero-order valence-corrected chi connectivity index (χ0v) is 35.3. The summed E-state index contributed by atoms with van der Waals surface area (Å²) >= 11 is 1.99. The van der Waals surface area contributed by atoms with E-state index in [2.05, 4.69) is 31.9 Å². The molecule has 10 N–H and O–H groups in total. The maximum atomic E-state index is 13.2. The lowest BCUT2D eigenvalue weighted by atomic mass is 10.0. The van der Waals surface area contributed by atoms with Gasteiger partial charge in [0.15, 0.2) is 6.61 Å². The van der Waals surface area contributed by atoms with E-state index in [1.165, 1.54) is 12.1 Å². The zero-order valence-electron chi connectivity index (χ0n) is 33.1. The Labute approximate surface area is 368 Å². The number of amides is 6. The molecule has 3 aromatic rings. The molecule has 3 rings (SSSR count). The second-order valence-corrected chi connectivity index (χ2v) is 14.8. The fourth-order valence-electron chi connectivity index (χ4n) is 5.70. The highest BCUT2D eigenvalue weighted by Gasteiger charge is 2.26. The van der Waals surface area contributed by atoms with E-state index in [0.29, 0.717) is 14.7 Å². The number of ether oxygens (including phenoxy) is 1. The van der Waals surface area contributed by atoms with Gasteiger partial charge in [-0.25, -0.2) is 19.2 Å². The van der Waals surface area contributed by atoms with E-state index < -0.39 is 104 Å². The van der Waals surface area contributed by atoms with E-state index in [1.807, 2.05) is 22.6 Å². The molecule has 0 radical (unpaired) electrons. The molecule has 332 valence electrons. The van der Waals surface area contributed by atoms with Crippen LogP contribution in [-0.4, -0.2) is 118 Å². The van der Waals surface area contributed by atoms with Crippen LogP contribution in [0.25, 0.3) is 0 Å². The lowest BCUT2D eigenvalue weighted by Gasteiger charge is -2.20. The highest BCUT2D eigenvalue weighted by atomic mass is 127. The number of benzene rings is 3. The molecule has 21 heteroatoms. The number of carbonyl (C=O) groups excluding carboxylic acids is 5. The average molecular weight is 975 g/mol. The molecule has 0 unspecified atom stereocenters. The number of urea groups is 1. The topological polar surface area (TPSA) is 316 Å². The molecule has 0 saturated carbocycles. The third-order valence-corrected chi connectivity index (χ3v) is 9.84. The molecule has 0 aliphatic rings. The van der Waals surface area contributed by atoms with Crippen LogP contribution in [0.15, 0.2) is 78.9 Å². The van der Waals surface area contributed by atoms with Gasteiger partial charge >= 0.3 is 29.9 Å². The Bertz CT molecular complexity index is 2050. The average Bonchev–Trinajstić information content (AvgIpc) is 3.23. The van der Waals surface area contributed by atoms with Crippen LogP contribution in [0.5, 0.6) is 5.75 Å². The third-order valence-electron chi connectivity index (χ3n) is 8.90. The summed E-state index contributed by atoms with van der Waals surface area (Å²) in [5.74, 6) is -7.52. The summed E-state index contributed by atoms with van der Waals surface area (Å²) in [5, 5.41) is 51.7. The minimum atomic E-state index is -1.55. The minimum Gasteiger partial charge on any atom is -0.484 e. The van der Waals surface area contributed by atoms with Crippen molar-refractivity contribution in [2.24, 2.45) is 0 Å². The first-order valence-corrected chi connectivity index (χ1v) is 20.2. The lowest BCUT2D eigenvalue weighted by molar-refractivity contribution is -0.142. The number of nitrogens with one attached hydrogen (secondary N) is 6. The van der Waals surface area contributed by atoms with Gasteiger partial charge in [0, 0.05) is 29.4 Å². The van der Waals surface area contributed by atoms with Gasteiger partial charge in [0.05, 0.1) is 12.1 Å². The fraction of sp³-hybridized carbons (Fsp3) is 0.341. The monoisotopic (exact) mass is 974 g/mol. The van der Waals surface area contributed by atoms with Gasteiger partial charge in [-0.15, -0.1) is 0 Å². The van der Waals surface area contributed by atoms with Crippen LogP contribution in [0.2, 0.25) is 0 Å². The van der Waals surface area contributed by atoms with Crippen LogP contribution in [0.4, 0.5) is 4.79 Å². The molecule has 6 amide bonds. The Kier molecular flexibility index (Phi) is 20.6. The van der Waals surface area contributed by atoms with Crippen molar-refractivity contribution in [2.75, 3.05) is 19.7 Å². The van der Waals surface area contributed by atoms with E-state index in [1.54, 1.807) is 66.7 Å². The van der Waals surface area contributed by atoms with Gasteiger partial charge in [0.25, 0.3) is 11.8 Å². The molecule has 0 spiro atoms. The van der Waals surface area contributed by atoms with E-state index in [0.717, 1.165) is 5.56 Å². The lowest BCUT2D eigenvalue weighted by Crippen LogP contribution is -2.51. The van der Waals surface area contributed by atoms with Crippen molar-refractivity contribution in [3.05, 3.63) is 99.1 Å². The van der Waals surface area contributed by atoms with Gasteiger partial charge in [0.2, 0.25) is 11.8 Å². The predicted octanol–water partition coefficient (Wildman–Crippen LogP) is 1.30. The van der Waals surface area contributed by atoms with Crippen molar-refractivity contribution < 1.29 is 68.3 Å². The minimum absolute atomic E-state index is 0.0777. The maximum absolute atomic E-state index is 13.2. The summed E-state index contributed by atoms with van der Waals surface area (Å²) in [7, 11) is 0. The van der Waals surface area contributed by atoms with E-state index in [9.17, 15) is 58.5 Å². The first-order chi connectivity index (χ1) is 29.5. The zero-order chi connectivity index (χ0) is 45.6. The molecular formula is C41H47IN6O14. The number of carbonyl (C=O) groups is 9. The molecular weight excluding hydrogens is 927 g/mol. The molecule has 0 saturated heterocycles. The first kappa shape index (κ1) is 49.6. The Balaban J connectivity index is 1.48. The summed E-state index contributed by atoms with van der Waals surface area (Å²) in [6.07, 6.45) is -0.516. The molecule has 0 aliphatic carbocycles. The van der Waals surface area contributed by atoms with Gasteiger partial charge in [-0.2, -0.15) is 0 Å². The second kappa shape index (κ2) is 25.8. The number of rotatable bonds is 26. The van der Waals surface area contributed by atoms with Gasteiger partial charge < -0.3 is 57.1 Å². The van der Waals surface area contributed by atoms with Crippen LogP contribution in [0.1, 0.15) is 53.6 Å². The molecule has 0 heterocycles. The second-order valence-electron chi connectivity index (χ2n) is 13.7. The van der Waals surface area contributed by atoms with Crippen molar-refractivity contribution >= 4 is 76.1 Å². The number of hydrogen-bond acceptors (Lipinski definition) is 10. The summed E-state index contributed by atoms with van der Waals surface area (Å²) in [6, 6.07) is 15.4. The molecule has 0 fully saturated rings. The number of halogens is 1. The summed E-state index contributed by atoms with van der Waals surface area (Å²) < 4.78 is 6.29. The molecule has 3 aromatic carbocycles. The Hall–Kier alpha value is -6.78. The Morgan fingerprint density at radius 3 is 1.76 bits per heavy atom. The number of carboxylic acids is 4. The molecule has 20 nitrogen and oxygen atoms in total. The molecule has 0 bridgehead atoms. The molecule has 4 atom stereocenters. The first-order valence-electron chi connectivity index (χ1n) is 19.1. The van der Waals surface area contributed by atoms with Gasteiger partial charge in [-0.05, 0) is 83.7 Å². The number of carboxylic acid groups (broad SMARTS) is 4. The standard InChI is InChI=1S/C41H47IN6O14/c42-28-11-5-4-10-27(28)36(53)44-22-33(49)46-32(40(59)60)21-25-13-15-26(16-14-25)62-23-34(50)45-31(20-24-8-2-1-3-9-24)37(54)43-19-7-6-12-29(38(55)56)47-41(61)48-30(39(57)58)17-18-35(51)52/h1-5,8-11,13-16,29-32H,6-7,12,17-23H2,(H,43,54)(H,44,53)(H,45,50)(H,46,49)(H,51,52)(H,55,56)(H,57,58)(H,59,60)(H2,47,48,61)/t29-,30-,31-,32-/m0/s1. The van der Waals surface area contributed by atoms with E-state index in [-0.39, 0.29) is 44.4 Å². The highest BCUT2D eigenvalue weighted by Crippen LogP contribution is 2.15. The number of unbranched alkanes of at least 4 members (excludes halogenated alkanes) is 1. The van der Waals surface area contributed by atoms with Crippen LogP contribution in [0, 0.1) is 3.57 Å². The fourth-order valence-corrected chi connectivity index (χ4v) is 6.33. The van der Waals surface area contributed by atoms with Gasteiger partial charge in [-0.1, -0.05) is 54.6 Å². The molecule has 0 aliphatic heterocycles. The van der Waals surface area contributed by atoms with Crippen LogP contribution >= 0.6 is 22.6 Å². The summed E-state index contributed by atoms with van der Waals surface area (Å²) in [6.45, 7) is -0.842. The van der Waals surface area contributed by atoms with Crippen molar-refractivity contribution in [3.8, 4) is 5.75 Å². The van der Waals surface area contributed by atoms with Crippen molar-refractivity contribution in [2.45, 2.75) is 69.1 Å². The van der Waals surface area contributed by atoms with Crippen LogP contribution in [-0.2, 0) is 46.4 Å². The molecule has 62 heavy (non-hydrogen) atoms.